The van der Waals surface area contributed by atoms with Gasteiger partial charge in [0.15, 0.2) is 10.8 Å². The molecule has 3 amide bonds. The lowest BCUT2D eigenvalue weighted by atomic mass is 10.1. The molecule has 7 nitrogen and oxygen atoms in total. The number of hydrogen-bond donors (Lipinski definition) is 2. The molecule has 0 aliphatic carbocycles. The number of aryl methyl sites for hydroxylation is 1. The van der Waals surface area contributed by atoms with Gasteiger partial charge in [0, 0.05) is 5.39 Å². The van der Waals surface area contributed by atoms with E-state index in [-0.39, 0.29) is 5.92 Å². The van der Waals surface area contributed by atoms with Crippen molar-refractivity contribution in [3.63, 3.8) is 0 Å². The number of nitrogens with one attached hydrogen (secondary N) is 1. The summed E-state index contributed by atoms with van der Waals surface area (Å²) in [6.45, 7) is 5.84. The summed E-state index contributed by atoms with van der Waals surface area (Å²) in [7, 11) is 0. The Hall–Kier alpha value is -2.61. The first-order chi connectivity index (χ1) is 11.9. The zero-order valence-corrected chi connectivity index (χ0v) is 15.0. The van der Waals surface area contributed by atoms with Crippen LogP contribution in [0, 0.1) is 12.8 Å². The lowest BCUT2D eigenvalue weighted by Gasteiger charge is -2.18. The minimum Gasteiger partial charge on any atom is -0.351 e. The Morgan fingerprint density at radius 3 is 2.64 bits per heavy atom. The number of rotatable bonds is 4. The maximum absolute atomic E-state index is 12.3. The van der Waals surface area contributed by atoms with E-state index in [2.05, 4.69) is 15.5 Å². The lowest BCUT2D eigenvalue weighted by molar-refractivity contribution is -0.120. The quantitative estimate of drug-likeness (QED) is 0.699. The second-order valence-corrected chi connectivity index (χ2v) is 7.27. The molecule has 2 aromatic heterocycles. The Morgan fingerprint density at radius 1 is 1.24 bits per heavy atom. The number of thioether (sulfide) groups is 1. The van der Waals surface area contributed by atoms with E-state index < -0.39 is 17.2 Å². The van der Waals surface area contributed by atoms with Crippen LogP contribution >= 0.6 is 11.8 Å². The van der Waals surface area contributed by atoms with Gasteiger partial charge in [0.2, 0.25) is 5.91 Å². The maximum atomic E-state index is 12.3. The number of nitrogens with zero attached hydrogens (tertiary/aromatic N) is 3. The summed E-state index contributed by atoms with van der Waals surface area (Å²) in [5, 5.41) is 11.8. The highest BCUT2D eigenvalue weighted by Crippen LogP contribution is 2.30. The van der Waals surface area contributed by atoms with E-state index in [1.54, 1.807) is 0 Å². The Balaban J connectivity index is 2.08. The van der Waals surface area contributed by atoms with E-state index in [0.29, 0.717) is 5.16 Å². The molecule has 3 N–H and O–H groups in total. The van der Waals surface area contributed by atoms with Crippen LogP contribution in [0.4, 0.5) is 4.79 Å². The first kappa shape index (κ1) is 17.2. The van der Waals surface area contributed by atoms with E-state index in [1.807, 2.05) is 55.5 Å². The first-order valence-corrected chi connectivity index (χ1v) is 8.77. The van der Waals surface area contributed by atoms with Gasteiger partial charge in [-0.2, -0.15) is 0 Å². The molecule has 25 heavy (non-hydrogen) atoms. The van der Waals surface area contributed by atoms with E-state index in [0.717, 1.165) is 22.1 Å². The fourth-order valence-electron chi connectivity index (χ4n) is 2.75. The molecule has 3 aromatic rings. The smallest absolute Gasteiger partial charge is 0.318 e. The van der Waals surface area contributed by atoms with E-state index in [1.165, 1.54) is 11.8 Å². The predicted octanol–water partition coefficient (Wildman–Crippen LogP) is 2.50. The number of imide groups is 1. The first-order valence-electron chi connectivity index (χ1n) is 7.89. The van der Waals surface area contributed by atoms with Crippen LogP contribution in [0.3, 0.4) is 0 Å². The molecule has 0 fully saturated rings. The number of para-hydroxylation sites is 1. The van der Waals surface area contributed by atoms with Gasteiger partial charge in [0.05, 0.1) is 10.8 Å². The fraction of sp³-hybridized carbons (Fsp3) is 0.294. The summed E-state index contributed by atoms with van der Waals surface area (Å²) in [5.74, 6) is -0.450. The minimum atomic E-state index is -0.858. The predicted molar refractivity (Wildman–Crippen MR) is 97.4 cm³/mol. The van der Waals surface area contributed by atoms with Crippen LogP contribution in [-0.2, 0) is 4.79 Å². The highest BCUT2D eigenvalue weighted by molar-refractivity contribution is 8.00. The monoisotopic (exact) mass is 357 g/mol. The van der Waals surface area contributed by atoms with E-state index in [9.17, 15) is 9.59 Å². The third-order valence-corrected chi connectivity index (χ3v) is 5.40. The van der Waals surface area contributed by atoms with Crippen molar-refractivity contribution in [3.8, 4) is 0 Å². The molecule has 0 saturated heterocycles. The van der Waals surface area contributed by atoms with Gasteiger partial charge < -0.3 is 5.73 Å². The van der Waals surface area contributed by atoms with Gasteiger partial charge in [-0.05, 0) is 30.5 Å². The molecular formula is C17H19N5O2S. The second kappa shape index (κ2) is 6.72. The molecule has 0 aliphatic heterocycles. The zero-order chi connectivity index (χ0) is 18.1. The fourth-order valence-corrected chi connectivity index (χ4v) is 3.80. The molecule has 1 aromatic carbocycles. The normalized spacial score (nSPS) is 12.6. The van der Waals surface area contributed by atoms with Crippen LogP contribution in [0.15, 0.2) is 35.5 Å². The molecule has 2 heterocycles. The molecule has 8 heteroatoms. The van der Waals surface area contributed by atoms with Gasteiger partial charge >= 0.3 is 6.03 Å². The van der Waals surface area contributed by atoms with Crippen LogP contribution in [0.1, 0.15) is 19.4 Å². The molecule has 130 valence electrons. The van der Waals surface area contributed by atoms with Crippen LogP contribution in [0.5, 0.6) is 0 Å². The molecule has 0 radical (unpaired) electrons. The number of carbonyl (C=O) groups excluding carboxylic acids is 2. The molecule has 3 rings (SSSR count). The molecule has 1 unspecified atom stereocenters. The second-order valence-electron chi connectivity index (χ2n) is 6.16. The van der Waals surface area contributed by atoms with Gasteiger partial charge in [0.1, 0.15) is 0 Å². The number of pyridine rings is 1. The van der Waals surface area contributed by atoms with Crippen LogP contribution in [0.25, 0.3) is 16.6 Å². The largest absolute Gasteiger partial charge is 0.351 e. The molecule has 0 spiro atoms. The molecule has 0 aliphatic rings. The number of amides is 3. The third-order valence-electron chi connectivity index (χ3n) is 3.92. The summed E-state index contributed by atoms with van der Waals surface area (Å²) < 4.78 is 1.93. The lowest BCUT2D eigenvalue weighted by Crippen LogP contribution is -2.42. The van der Waals surface area contributed by atoms with Crippen molar-refractivity contribution in [2.75, 3.05) is 0 Å². The summed E-state index contributed by atoms with van der Waals surface area (Å²) in [6, 6.07) is 9.08. The molecule has 1 atom stereocenters. The highest BCUT2D eigenvalue weighted by atomic mass is 32.2. The average Bonchev–Trinajstić information content (AvgIpc) is 2.94. The maximum Gasteiger partial charge on any atom is 0.318 e. The van der Waals surface area contributed by atoms with E-state index in [4.69, 9.17) is 5.73 Å². The van der Waals surface area contributed by atoms with Crippen LogP contribution in [-0.4, -0.2) is 31.8 Å². The van der Waals surface area contributed by atoms with Gasteiger partial charge in [-0.15, -0.1) is 10.2 Å². The van der Waals surface area contributed by atoms with Gasteiger partial charge in [0.25, 0.3) is 0 Å². The Labute approximate surface area is 149 Å². The van der Waals surface area contributed by atoms with Crippen molar-refractivity contribution in [1.29, 1.82) is 0 Å². The molecule has 0 bridgehead atoms. The Kier molecular flexibility index (Phi) is 4.63. The van der Waals surface area contributed by atoms with Crippen molar-refractivity contribution in [2.45, 2.75) is 31.2 Å². The van der Waals surface area contributed by atoms with Crippen molar-refractivity contribution in [2.24, 2.45) is 11.7 Å². The van der Waals surface area contributed by atoms with Gasteiger partial charge in [-0.25, -0.2) is 4.79 Å². The number of carbonyl (C=O) groups is 2. The number of hydrogen-bond acceptors (Lipinski definition) is 5. The standard InChI is InChI=1S/C17H19N5O2S/c1-9(2)14(15(23)19-16(18)24)25-17-21-20-13-8-10(3)11-6-4-5-7-12(11)22(13)17/h4-9,14H,1-3H3,(H3,18,19,23,24). The number of urea groups is 1. The average molecular weight is 357 g/mol. The topological polar surface area (TPSA) is 102 Å². The van der Waals surface area contributed by atoms with Gasteiger partial charge in [-0.1, -0.05) is 43.8 Å². The van der Waals surface area contributed by atoms with Crippen molar-refractivity contribution >= 4 is 40.3 Å². The Morgan fingerprint density at radius 2 is 1.96 bits per heavy atom. The summed E-state index contributed by atoms with van der Waals surface area (Å²) in [6.07, 6.45) is 0. The van der Waals surface area contributed by atoms with Crippen LogP contribution in [0.2, 0.25) is 0 Å². The van der Waals surface area contributed by atoms with Crippen molar-refractivity contribution in [3.05, 3.63) is 35.9 Å². The molecule has 0 saturated carbocycles. The van der Waals surface area contributed by atoms with Crippen LogP contribution < -0.4 is 11.1 Å². The number of aromatic nitrogens is 3. The zero-order valence-electron chi connectivity index (χ0n) is 14.2. The van der Waals surface area contributed by atoms with Gasteiger partial charge in [-0.3, -0.25) is 14.5 Å². The van der Waals surface area contributed by atoms with Crippen molar-refractivity contribution in [1.82, 2.24) is 19.9 Å². The number of benzene rings is 1. The third kappa shape index (κ3) is 3.30. The minimum absolute atomic E-state index is 0.0200. The summed E-state index contributed by atoms with van der Waals surface area (Å²) in [4.78, 5) is 23.3. The SMILES string of the molecule is Cc1cc2nnc(SC(C(=O)NC(N)=O)C(C)C)n2c2ccccc12. The Bertz CT molecular complexity index is 966. The summed E-state index contributed by atoms with van der Waals surface area (Å²) in [5.41, 5.74) is 7.88. The number of primary amides is 1. The number of fused-ring (bicyclic) bond motifs is 3. The van der Waals surface area contributed by atoms with E-state index >= 15 is 0 Å². The summed E-state index contributed by atoms with van der Waals surface area (Å²) >= 11 is 1.27. The highest BCUT2D eigenvalue weighted by Gasteiger charge is 2.27. The van der Waals surface area contributed by atoms with Crippen molar-refractivity contribution < 1.29 is 9.59 Å². The molecular weight excluding hydrogens is 338 g/mol. The number of nitrogens with two attached hydrogens (primary N) is 1.